The van der Waals surface area contributed by atoms with E-state index in [0.29, 0.717) is 19.8 Å². The Balaban J connectivity index is 4.87. The minimum absolute atomic E-state index is 0.538. The maximum absolute atomic E-state index is 9.25. The van der Waals surface area contributed by atoms with Crippen LogP contribution in [0.5, 0.6) is 0 Å². The monoisotopic (exact) mass is 265 g/mol. The number of hydrogen-bond donors (Lipinski definition) is 1. The van der Waals surface area contributed by atoms with E-state index < -0.39 is 18.3 Å². The highest BCUT2D eigenvalue weighted by molar-refractivity contribution is 8.44. The maximum atomic E-state index is 9.25. The zero-order valence-corrected chi connectivity index (χ0v) is 12.5. The summed E-state index contributed by atoms with van der Waals surface area (Å²) in [6.45, 7) is 9.42. The largest absolute Gasteiger partial charge is 0.566 e. The average molecular weight is 265 g/mol. The van der Waals surface area contributed by atoms with Gasteiger partial charge in [-0.05, 0) is 32.9 Å². The third kappa shape index (κ3) is 4.43. The second kappa shape index (κ2) is 9.02. The SMILES string of the molecule is CCC[SH](C#N)[Si](OCC)(OCC)OCC. The first kappa shape index (κ1) is 15.9. The first-order chi connectivity index (χ1) is 7.70. The molecule has 16 heavy (non-hydrogen) atoms. The van der Waals surface area contributed by atoms with E-state index in [1.807, 2.05) is 20.8 Å². The Morgan fingerprint density at radius 1 is 1.00 bits per heavy atom. The lowest BCUT2D eigenvalue weighted by Gasteiger charge is -2.33. The Bertz CT molecular complexity index is 206. The van der Waals surface area contributed by atoms with Crippen molar-refractivity contribution >= 4 is 18.3 Å². The van der Waals surface area contributed by atoms with E-state index >= 15 is 0 Å². The van der Waals surface area contributed by atoms with Gasteiger partial charge in [0.05, 0.1) is 0 Å². The van der Waals surface area contributed by atoms with E-state index in [1.165, 1.54) is 0 Å². The second-order valence-corrected chi connectivity index (χ2v) is 9.75. The molecule has 0 aliphatic heterocycles. The molecule has 0 N–H and O–H groups in total. The van der Waals surface area contributed by atoms with Crippen molar-refractivity contribution < 1.29 is 13.3 Å². The van der Waals surface area contributed by atoms with Gasteiger partial charge in [0.1, 0.15) is 5.40 Å². The molecule has 0 aliphatic carbocycles. The van der Waals surface area contributed by atoms with Gasteiger partial charge in [-0.25, -0.2) is 0 Å². The van der Waals surface area contributed by atoms with Crippen LogP contribution in [0.2, 0.25) is 0 Å². The van der Waals surface area contributed by atoms with Crippen molar-refractivity contribution in [3.63, 3.8) is 0 Å². The fourth-order valence-corrected chi connectivity index (χ4v) is 8.56. The van der Waals surface area contributed by atoms with Gasteiger partial charge in [-0.2, -0.15) is 5.26 Å². The lowest BCUT2D eigenvalue weighted by atomic mass is 10.6. The Morgan fingerprint density at radius 3 is 1.69 bits per heavy atom. The van der Waals surface area contributed by atoms with Gasteiger partial charge < -0.3 is 13.3 Å². The molecule has 0 saturated carbocycles. The Labute approximate surface area is 102 Å². The first-order valence-electron chi connectivity index (χ1n) is 5.79. The van der Waals surface area contributed by atoms with Crippen molar-refractivity contribution in [2.24, 2.45) is 0 Å². The summed E-state index contributed by atoms with van der Waals surface area (Å²) in [5, 5.41) is 11.6. The van der Waals surface area contributed by atoms with Crippen molar-refractivity contribution in [1.29, 1.82) is 5.26 Å². The molecule has 0 radical (unpaired) electrons. The molecule has 0 amide bonds. The molecule has 4 nitrogen and oxygen atoms in total. The lowest BCUT2D eigenvalue weighted by molar-refractivity contribution is 0.0962. The predicted molar refractivity (Wildman–Crippen MR) is 70.4 cm³/mol. The van der Waals surface area contributed by atoms with Crippen LogP contribution in [0.3, 0.4) is 0 Å². The Kier molecular flexibility index (Phi) is 8.98. The summed E-state index contributed by atoms with van der Waals surface area (Å²) in [4.78, 5) is 0. The molecule has 0 spiro atoms. The van der Waals surface area contributed by atoms with Gasteiger partial charge in [-0.15, -0.1) is 10.3 Å². The van der Waals surface area contributed by atoms with E-state index in [0.717, 1.165) is 12.2 Å². The molecule has 0 aromatic carbocycles. The summed E-state index contributed by atoms with van der Waals surface area (Å²) in [5.74, 6) is 0.831. The van der Waals surface area contributed by atoms with Crippen LogP contribution in [0.4, 0.5) is 0 Å². The quantitative estimate of drug-likeness (QED) is 0.395. The van der Waals surface area contributed by atoms with Gasteiger partial charge in [0.25, 0.3) is 0 Å². The van der Waals surface area contributed by atoms with Crippen molar-refractivity contribution in [3.05, 3.63) is 0 Å². The molecule has 1 atom stereocenters. The van der Waals surface area contributed by atoms with Crippen molar-refractivity contribution in [1.82, 2.24) is 0 Å². The van der Waals surface area contributed by atoms with E-state index in [-0.39, 0.29) is 0 Å². The molecule has 0 bridgehead atoms. The molecular weight excluding hydrogens is 242 g/mol. The lowest BCUT2D eigenvalue weighted by Crippen LogP contribution is -2.46. The average Bonchev–Trinajstić information content (AvgIpc) is 2.26. The molecule has 0 heterocycles. The molecule has 96 valence electrons. The van der Waals surface area contributed by atoms with Crippen LogP contribution >= 0.6 is 10.3 Å². The summed E-state index contributed by atoms with van der Waals surface area (Å²) in [5.41, 5.74) is 0. The van der Waals surface area contributed by atoms with Crippen LogP contribution in [0.25, 0.3) is 0 Å². The van der Waals surface area contributed by atoms with Crippen LogP contribution in [0, 0.1) is 10.7 Å². The summed E-state index contributed by atoms with van der Waals surface area (Å²) in [7, 11) is -3.69. The fraction of sp³-hybridized carbons (Fsp3) is 0.900. The summed E-state index contributed by atoms with van der Waals surface area (Å²) in [6, 6.07) is 0. The number of hydrogen-bond acceptors (Lipinski definition) is 4. The highest BCUT2D eigenvalue weighted by atomic mass is 32.4. The number of rotatable bonds is 9. The molecule has 6 heteroatoms. The zero-order chi connectivity index (χ0) is 12.4. The normalized spacial score (nSPS) is 14.6. The van der Waals surface area contributed by atoms with Gasteiger partial charge >= 0.3 is 7.95 Å². The molecule has 0 saturated heterocycles. The van der Waals surface area contributed by atoms with E-state index in [2.05, 4.69) is 12.3 Å². The highest BCUT2D eigenvalue weighted by Gasteiger charge is 2.47. The molecule has 0 aromatic rings. The molecule has 0 fully saturated rings. The number of thiol groups is 1. The summed E-state index contributed by atoms with van der Waals surface area (Å²) in [6.07, 6.45) is 0.960. The molecule has 0 aliphatic rings. The van der Waals surface area contributed by atoms with Crippen LogP contribution < -0.4 is 0 Å². The first-order valence-corrected chi connectivity index (χ1v) is 9.89. The standard InChI is InChI=1S/C10H23NO3SSi/c1-5-9-15(10-11)16(12-6-2,13-7-3)14-8-4/h15H,5-9H2,1-4H3. The number of nitrogens with zero attached hydrogens (tertiary/aromatic N) is 1. The van der Waals surface area contributed by atoms with Crippen molar-refractivity contribution in [2.75, 3.05) is 25.6 Å². The van der Waals surface area contributed by atoms with E-state index in [9.17, 15) is 5.26 Å². The van der Waals surface area contributed by atoms with Crippen LogP contribution in [0.1, 0.15) is 34.1 Å². The summed E-state index contributed by atoms with van der Waals surface area (Å²) < 4.78 is 17.2. The maximum Gasteiger partial charge on any atom is 0.566 e. The van der Waals surface area contributed by atoms with Gasteiger partial charge in [0, 0.05) is 19.8 Å². The molecule has 0 rings (SSSR count). The van der Waals surface area contributed by atoms with Crippen molar-refractivity contribution in [2.45, 2.75) is 34.1 Å². The highest BCUT2D eigenvalue weighted by Crippen LogP contribution is 2.39. The predicted octanol–water partition coefficient (Wildman–Crippen LogP) is 2.42. The number of thiocyanates is 1. The van der Waals surface area contributed by atoms with Crippen LogP contribution in [-0.4, -0.2) is 33.5 Å². The second-order valence-electron chi connectivity index (χ2n) is 3.07. The topological polar surface area (TPSA) is 51.5 Å². The third-order valence-electron chi connectivity index (χ3n) is 1.88. The summed E-state index contributed by atoms with van der Waals surface area (Å²) >= 11 is 0. The van der Waals surface area contributed by atoms with Crippen LogP contribution in [-0.2, 0) is 13.3 Å². The minimum atomic E-state index is -2.74. The minimum Gasteiger partial charge on any atom is -0.366 e. The zero-order valence-electron chi connectivity index (χ0n) is 10.7. The Morgan fingerprint density at radius 2 is 1.44 bits per heavy atom. The van der Waals surface area contributed by atoms with Gasteiger partial charge in [-0.1, -0.05) is 6.92 Å². The smallest absolute Gasteiger partial charge is 0.366 e. The van der Waals surface area contributed by atoms with Crippen LogP contribution in [0.15, 0.2) is 0 Å². The third-order valence-corrected chi connectivity index (χ3v) is 9.75. The number of nitriles is 1. The molecule has 1 unspecified atom stereocenters. The van der Waals surface area contributed by atoms with E-state index in [1.54, 1.807) is 0 Å². The Hall–Kier alpha value is -0.0631. The van der Waals surface area contributed by atoms with Gasteiger partial charge in [0.2, 0.25) is 0 Å². The van der Waals surface area contributed by atoms with Crippen molar-refractivity contribution in [3.8, 4) is 5.40 Å². The molecular formula is C10H23NO3SSi. The van der Waals surface area contributed by atoms with Gasteiger partial charge in [0.15, 0.2) is 0 Å². The molecule has 0 aromatic heterocycles. The van der Waals surface area contributed by atoms with Gasteiger partial charge in [-0.3, -0.25) is 0 Å². The van der Waals surface area contributed by atoms with E-state index in [4.69, 9.17) is 13.3 Å². The fourth-order valence-electron chi connectivity index (χ4n) is 1.38.